The molecule has 0 bridgehead atoms. The molecule has 1 amide bonds. The smallest absolute Gasteiger partial charge is 0.356 e. The van der Waals surface area contributed by atoms with Gasteiger partial charge in [0.2, 0.25) is 5.91 Å². The van der Waals surface area contributed by atoms with E-state index in [1.165, 1.54) is 6.07 Å². The normalized spacial score (nSPS) is 23.5. The minimum Gasteiger partial charge on any atom is -0.356 e. The summed E-state index contributed by atoms with van der Waals surface area (Å²) in [5, 5.41) is 0. The fourth-order valence-electron chi connectivity index (χ4n) is 3.87. The second-order valence-corrected chi connectivity index (χ2v) is 6.71. The number of alkyl halides is 3. The molecule has 1 aromatic heterocycles. The van der Waals surface area contributed by atoms with Crippen LogP contribution in [0.1, 0.15) is 31.4 Å². The van der Waals surface area contributed by atoms with Gasteiger partial charge in [0.15, 0.2) is 0 Å². The van der Waals surface area contributed by atoms with Gasteiger partial charge >= 0.3 is 6.18 Å². The van der Waals surface area contributed by atoms with Gasteiger partial charge in [-0.25, -0.2) is 4.98 Å². The Bertz CT molecular complexity index is 628. The van der Waals surface area contributed by atoms with Gasteiger partial charge in [-0.3, -0.25) is 4.79 Å². The fraction of sp³-hybridized carbons (Fsp3) is 0.647. The summed E-state index contributed by atoms with van der Waals surface area (Å²) in [7, 11) is 0. The lowest BCUT2D eigenvalue weighted by atomic mass is 9.83. The molecule has 146 valence electrons. The summed E-state index contributed by atoms with van der Waals surface area (Å²) in [6.45, 7) is 2.44. The van der Waals surface area contributed by atoms with Gasteiger partial charge in [0, 0.05) is 32.1 Å². The van der Waals surface area contributed by atoms with Crippen LogP contribution >= 0.6 is 12.4 Å². The zero-order chi connectivity index (χ0) is 18.0. The third-order valence-corrected chi connectivity index (χ3v) is 5.10. The van der Waals surface area contributed by atoms with Crippen molar-refractivity contribution in [3.8, 4) is 0 Å². The third kappa shape index (κ3) is 4.40. The number of amides is 1. The number of pyridine rings is 1. The average molecular weight is 393 g/mol. The average Bonchev–Trinajstić information content (AvgIpc) is 2.60. The molecule has 5 nitrogen and oxygen atoms in total. The van der Waals surface area contributed by atoms with Gasteiger partial charge in [0.1, 0.15) is 11.5 Å². The molecule has 0 unspecified atom stereocenters. The summed E-state index contributed by atoms with van der Waals surface area (Å²) >= 11 is 0. The maximum atomic E-state index is 12.9. The maximum absolute atomic E-state index is 12.9. The molecule has 0 radical (unpaired) electrons. The Hall–Kier alpha value is -1.54. The van der Waals surface area contributed by atoms with E-state index >= 15 is 0 Å². The van der Waals surface area contributed by atoms with Crippen molar-refractivity contribution in [1.29, 1.82) is 0 Å². The predicted octanol–water partition coefficient (Wildman–Crippen LogP) is 2.69. The number of aromatic nitrogens is 1. The summed E-state index contributed by atoms with van der Waals surface area (Å²) in [4.78, 5) is 19.8. The SMILES string of the molecule is Cl.NCCCN1C(=O)CC[C@H]2CN(c3cccc(C(F)(F)F)n3)CC[C@H]21. The van der Waals surface area contributed by atoms with Crippen LogP contribution in [0.2, 0.25) is 0 Å². The minimum atomic E-state index is -4.44. The highest BCUT2D eigenvalue weighted by Crippen LogP contribution is 2.34. The zero-order valence-electron chi connectivity index (χ0n) is 14.4. The second-order valence-electron chi connectivity index (χ2n) is 6.71. The van der Waals surface area contributed by atoms with Crippen molar-refractivity contribution < 1.29 is 18.0 Å². The van der Waals surface area contributed by atoms with E-state index in [9.17, 15) is 18.0 Å². The van der Waals surface area contributed by atoms with E-state index in [4.69, 9.17) is 5.73 Å². The molecular formula is C17H24ClF3N4O. The van der Waals surface area contributed by atoms with Crippen LogP contribution < -0.4 is 10.6 Å². The molecule has 3 heterocycles. The molecule has 1 aromatic rings. The number of fused-ring (bicyclic) bond motifs is 1. The molecule has 0 aliphatic carbocycles. The Labute approximate surface area is 157 Å². The van der Waals surface area contributed by atoms with E-state index in [0.717, 1.165) is 25.3 Å². The van der Waals surface area contributed by atoms with E-state index in [0.29, 0.717) is 38.4 Å². The van der Waals surface area contributed by atoms with Crippen molar-refractivity contribution in [3.05, 3.63) is 23.9 Å². The Morgan fingerprint density at radius 3 is 2.73 bits per heavy atom. The van der Waals surface area contributed by atoms with Gasteiger partial charge in [-0.05, 0) is 43.9 Å². The molecule has 3 rings (SSSR count). The molecule has 0 aromatic carbocycles. The molecule has 2 atom stereocenters. The number of hydrogen-bond acceptors (Lipinski definition) is 4. The summed E-state index contributed by atoms with van der Waals surface area (Å²) in [6.07, 6.45) is -1.65. The Balaban J connectivity index is 0.00000243. The van der Waals surface area contributed by atoms with Crippen molar-refractivity contribution in [2.24, 2.45) is 11.7 Å². The molecule has 2 aliphatic heterocycles. The summed E-state index contributed by atoms with van der Waals surface area (Å²) < 4.78 is 38.6. The second kappa shape index (κ2) is 8.43. The first-order valence-corrected chi connectivity index (χ1v) is 8.69. The number of carbonyl (C=O) groups is 1. The van der Waals surface area contributed by atoms with Gasteiger partial charge in [0.25, 0.3) is 0 Å². The standard InChI is InChI=1S/C17H23F3N4O.ClH/c18-17(19,20)14-3-1-4-15(22-14)23-10-7-13-12(11-23)5-6-16(25)24(13)9-2-8-21;/h1,3-4,12-13H,2,5-11,21H2;1H/t12-,13+;/m0./s1. The van der Waals surface area contributed by atoms with Crippen LogP contribution in [0.15, 0.2) is 18.2 Å². The predicted molar refractivity (Wildman–Crippen MR) is 95.2 cm³/mol. The Kier molecular flexibility index (Phi) is 6.74. The first-order chi connectivity index (χ1) is 11.9. The number of halogens is 4. The van der Waals surface area contributed by atoms with E-state index in [1.54, 1.807) is 6.07 Å². The lowest BCUT2D eigenvalue weighted by Crippen LogP contribution is -2.56. The fourth-order valence-corrected chi connectivity index (χ4v) is 3.87. The third-order valence-electron chi connectivity index (χ3n) is 5.10. The van der Waals surface area contributed by atoms with Crippen LogP contribution in [0.25, 0.3) is 0 Å². The van der Waals surface area contributed by atoms with Crippen molar-refractivity contribution >= 4 is 24.1 Å². The van der Waals surface area contributed by atoms with Gasteiger partial charge in [0.05, 0.1) is 0 Å². The monoisotopic (exact) mass is 392 g/mol. The van der Waals surface area contributed by atoms with E-state index in [-0.39, 0.29) is 30.3 Å². The quantitative estimate of drug-likeness (QED) is 0.855. The zero-order valence-corrected chi connectivity index (χ0v) is 15.2. The van der Waals surface area contributed by atoms with Crippen molar-refractivity contribution in [2.45, 2.75) is 37.9 Å². The van der Waals surface area contributed by atoms with Gasteiger partial charge in [-0.1, -0.05) is 6.07 Å². The van der Waals surface area contributed by atoms with Gasteiger partial charge in [-0.15, -0.1) is 12.4 Å². The van der Waals surface area contributed by atoms with Gasteiger partial charge in [-0.2, -0.15) is 13.2 Å². The summed E-state index contributed by atoms with van der Waals surface area (Å²) in [5.74, 6) is 0.791. The molecule has 2 N–H and O–H groups in total. The highest BCUT2D eigenvalue weighted by atomic mass is 35.5. The molecule has 0 saturated carbocycles. The number of nitrogens with zero attached hydrogens (tertiary/aromatic N) is 3. The van der Waals surface area contributed by atoms with Gasteiger partial charge < -0.3 is 15.5 Å². The highest BCUT2D eigenvalue weighted by molar-refractivity contribution is 5.85. The molecular weight excluding hydrogens is 369 g/mol. The van der Waals surface area contributed by atoms with Crippen molar-refractivity contribution in [1.82, 2.24) is 9.88 Å². The first-order valence-electron chi connectivity index (χ1n) is 8.69. The number of hydrogen-bond donors (Lipinski definition) is 1. The molecule has 26 heavy (non-hydrogen) atoms. The number of likely N-dealkylation sites (tertiary alicyclic amines) is 1. The van der Waals surface area contributed by atoms with Crippen molar-refractivity contribution in [2.75, 3.05) is 31.1 Å². The molecule has 9 heteroatoms. The largest absolute Gasteiger partial charge is 0.433 e. The number of piperidine rings is 2. The number of nitrogens with two attached hydrogens (primary N) is 1. The highest BCUT2D eigenvalue weighted by Gasteiger charge is 2.39. The first kappa shape index (κ1) is 20.8. The van der Waals surface area contributed by atoms with Crippen LogP contribution in [0.4, 0.5) is 19.0 Å². The Morgan fingerprint density at radius 2 is 2.04 bits per heavy atom. The molecule has 0 spiro atoms. The summed E-state index contributed by atoms with van der Waals surface area (Å²) in [6, 6.07) is 4.17. The topological polar surface area (TPSA) is 62.5 Å². The van der Waals surface area contributed by atoms with E-state index in [1.807, 2.05) is 9.80 Å². The number of anilines is 1. The molecule has 2 saturated heterocycles. The molecule has 2 fully saturated rings. The van der Waals surface area contributed by atoms with Crippen LogP contribution in [0.5, 0.6) is 0 Å². The summed E-state index contributed by atoms with van der Waals surface area (Å²) in [5.41, 5.74) is 4.69. The Morgan fingerprint density at radius 1 is 1.27 bits per heavy atom. The lowest BCUT2D eigenvalue weighted by molar-refractivity contribution is -0.141. The molecule has 2 aliphatic rings. The van der Waals surface area contributed by atoms with E-state index in [2.05, 4.69) is 4.98 Å². The lowest BCUT2D eigenvalue weighted by Gasteiger charge is -2.47. The van der Waals surface area contributed by atoms with Crippen LogP contribution in [-0.2, 0) is 11.0 Å². The van der Waals surface area contributed by atoms with E-state index < -0.39 is 11.9 Å². The maximum Gasteiger partial charge on any atom is 0.433 e. The van der Waals surface area contributed by atoms with Crippen molar-refractivity contribution in [3.63, 3.8) is 0 Å². The van der Waals surface area contributed by atoms with Crippen LogP contribution in [0, 0.1) is 5.92 Å². The van der Waals surface area contributed by atoms with Crippen LogP contribution in [0.3, 0.4) is 0 Å². The minimum absolute atomic E-state index is 0. The number of carbonyl (C=O) groups excluding carboxylic acids is 1. The van der Waals surface area contributed by atoms with Crippen LogP contribution in [-0.4, -0.2) is 48.0 Å². The number of rotatable bonds is 4.